The third-order valence-corrected chi connectivity index (χ3v) is 4.82. The van der Waals surface area contributed by atoms with Crippen LogP contribution >= 0.6 is 0 Å². The molecule has 2 fully saturated rings. The van der Waals surface area contributed by atoms with Crippen LogP contribution in [0.5, 0.6) is 0 Å². The van der Waals surface area contributed by atoms with Crippen LogP contribution in [0.15, 0.2) is 0 Å². The van der Waals surface area contributed by atoms with Crippen molar-refractivity contribution in [2.75, 3.05) is 6.61 Å². The first-order valence-corrected chi connectivity index (χ1v) is 8.46. The van der Waals surface area contributed by atoms with Crippen molar-refractivity contribution < 1.29 is 309 Å². The fourth-order valence-corrected chi connectivity index (χ4v) is 3.25. The predicted octanol–water partition coefficient (Wildman–Crippen LogP) is -2.27. The summed E-state index contributed by atoms with van der Waals surface area (Å²) in [6, 6.07) is 0. The first-order valence-electron chi connectivity index (χ1n) is 8.46. The number of hydrogen-bond donors (Lipinski definition) is 6. The summed E-state index contributed by atoms with van der Waals surface area (Å²) >= 11 is 0. The Bertz CT molecular complexity index is 460. The van der Waals surface area contributed by atoms with Gasteiger partial charge in [0.25, 0.3) is 0 Å². The average Bonchev–Trinajstić information content (AvgIpc) is 2.53. The molecule has 2 rings (SSSR count). The summed E-state index contributed by atoms with van der Waals surface area (Å²) in [5.41, 5.74) is -0.492. The van der Waals surface area contributed by atoms with E-state index in [1.54, 1.807) is 0 Å². The van der Waals surface area contributed by atoms with Gasteiger partial charge in [0.05, 0.1) is 18.8 Å². The molecule has 2 heterocycles. The van der Waals surface area contributed by atoms with Crippen molar-refractivity contribution in [1.82, 2.24) is 0 Å². The second-order valence-corrected chi connectivity index (χ2v) is 7.91. The molecule has 0 amide bonds. The number of rotatable bonds is 3. The minimum Gasteiger partial charge on any atom is -0.394 e. The molecular formula is C16H30Ac6O9. The molecule has 0 aromatic carbocycles. The summed E-state index contributed by atoms with van der Waals surface area (Å²) in [6.07, 6.45) is -12.1. The van der Waals surface area contributed by atoms with Crippen molar-refractivity contribution in [3.63, 3.8) is 0 Å². The molecule has 6 N–H and O–H groups in total. The minimum absolute atomic E-state index is 0. The second-order valence-electron chi connectivity index (χ2n) is 7.91. The van der Waals surface area contributed by atoms with Gasteiger partial charge < -0.3 is 44.8 Å². The molecule has 1 unspecified atom stereocenters. The molecule has 2 aliphatic rings. The van der Waals surface area contributed by atoms with Gasteiger partial charge in [-0.05, 0) is 12.3 Å². The minimum atomic E-state index is -1.56. The molecule has 10 atom stereocenters. The number of ether oxygens (including phenoxy) is 3. The van der Waals surface area contributed by atoms with Crippen LogP contribution in [0.25, 0.3) is 0 Å². The van der Waals surface area contributed by atoms with Crippen LogP contribution in [0, 0.1) is 270 Å². The quantitative estimate of drug-likeness (QED) is 0.184. The Morgan fingerprint density at radius 1 is 0.710 bits per heavy atom. The molecule has 9 nitrogen and oxygen atoms in total. The summed E-state index contributed by atoms with van der Waals surface area (Å²) in [4.78, 5) is 0. The van der Waals surface area contributed by atoms with Crippen LogP contribution in [0.4, 0.5) is 0 Å². The van der Waals surface area contributed by atoms with Crippen LogP contribution in [0.2, 0.25) is 0 Å². The van der Waals surface area contributed by atoms with Gasteiger partial charge in [0.2, 0.25) is 0 Å². The Morgan fingerprint density at radius 3 is 1.61 bits per heavy atom. The Kier molecular flexibility index (Phi) is 36.1. The standard InChI is InChI=1S/C16H30O9.6Ac/c1-6-8(18)9(19)12(22)15(23-6)25-13-7(5-17)24-14(16(2,3)4)11(21)10(13)20;;;;;;/h6-15,17-22H,5H2,1-4H3;;;;;;/t6-,7-,8-,9+,10-,11-,12-,13-,14-,15?;;;;;;/m1....../s1. The zero-order valence-electron chi connectivity index (χ0n) is 18.4. The Morgan fingerprint density at radius 2 is 1.19 bits per heavy atom. The molecular weight excluding hydrogens is 1700 g/mol. The van der Waals surface area contributed by atoms with Crippen LogP contribution in [0.1, 0.15) is 27.7 Å². The van der Waals surface area contributed by atoms with Crippen molar-refractivity contribution in [3.05, 3.63) is 0 Å². The van der Waals surface area contributed by atoms with Gasteiger partial charge in [-0.15, -0.1) is 0 Å². The van der Waals surface area contributed by atoms with Gasteiger partial charge in [-0.25, -0.2) is 0 Å². The molecule has 31 heavy (non-hydrogen) atoms. The van der Waals surface area contributed by atoms with E-state index in [0.717, 1.165) is 0 Å². The van der Waals surface area contributed by atoms with Crippen LogP contribution in [-0.4, -0.2) is 98.5 Å². The van der Waals surface area contributed by atoms with E-state index in [4.69, 9.17) is 14.2 Å². The van der Waals surface area contributed by atoms with Crippen molar-refractivity contribution >= 4 is 0 Å². The first-order chi connectivity index (χ1) is 11.5. The molecule has 0 aromatic heterocycles. The molecule has 0 bridgehead atoms. The Balaban J connectivity index is -0.000000376. The molecule has 0 spiro atoms. The van der Waals surface area contributed by atoms with Gasteiger partial charge in [0.1, 0.15) is 42.7 Å². The fourth-order valence-electron chi connectivity index (χ4n) is 3.25. The topological polar surface area (TPSA) is 149 Å². The maximum absolute atomic E-state index is 10.5. The molecule has 2 saturated heterocycles. The Labute approximate surface area is 399 Å². The smallest absolute Gasteiger partial charge is 0.187 e. The van der Waals surface area contributed by atoms with Crippen molar-refractivity contribution in [2.24, 2.45) is 5.41 Å². The summed E-state index contributed by atoms with van der Waals surface area (Å²) in [5.74, 6) is 0. The number of aliphatic hydroxyl groups is 6. The van der Waals surface area contributed by atoms with E-state index in [-0.39, 0.29) is 264 Å². The molecule has 0 aromatic rings. The van der Waals surface area contributed by atoms with E-state index in [1.165, 1.54) is 6.92 Å². The SMILES string of the molecule is C[C@H]1OC(O[C@H]2[C@H](O)[C@@H](O)[C@H](C(C)(C)C)O[C@@H]2CO)[C@H](O)[C@@H](O)[C@@H]1O.[Ac].[Ac].[Ac].[Ac].[Ac].[Ac]. The summed E-state index contributed by atoms with van der Waals surface area (Å²) < 4.78 is 16.6. The van der Waals surface area contributed by atoms with E-state index in [1.807, 2.05) is 20.8 Å². The third kappa shape index (κ3) is 13.9. The van der Waals surface area contributed by atoms with Crippen LogP contribution < -0.4 is 0 Å². The van der Waals surface area contributed by atoms with E-state index in [9.17, 15) is 30.6 Å². The van der Waals surface area contributed by atoms with Crippen molar-refractivity contribution in [2.45, 2.75) is 88.9 Å². The molecule has 0 aliphatic carbocycles. The average molecular weight is 1730 g/mol. The third-order valence-electron chi connectivity index (χ3n) is 4.82. The van der Waals surface area contributed by atoms with Gasteiger partial charge in [0, 0.05) is 264 Å². The Hall–Kier alpha value is 8.29. The molecule has 6 radical (unpaired) electrons. The largest absolute Gasteiger partial charge is 0.394 e. The van der Waals surface area contributed by atoms with Gasteiger partial charge >= 0.3 is 0 Å². The van der Waals surface area contributed by atoms with Crippen LogP contribution in [0.3, 0.4) is 0 Å². The van der Waals surface area contributed by atoms with Gasteiger partial charge in [-0.3, -0.25) is 0 Å². The second kappa shape index (κ2) is 22.8. The maximum atomic E-state index is 10.5. The monoisotopic (exact) mass is 1730 g/mol. The first kappa shape index (κ1) is 49.0. The number of hydrogen-bond acceptors (Lipinski definition) is 9. The van der Waals surface area contributed by atoms with E-state index >= 15 is 0 Å². The van der Waals surface area contributed by atoms with Gasteiger partial charge in [0.15, 0.2) is 6.29 Å². The normalized spacial score (nSPS) is 39.7. The zero-order chi connectivity index (χ0) is 19.1. The zero-order valence-corrected chi connectivity index (χ0v) is 46.8. The molecule has 2 aliphatic heterocycles. The summed E-state index contributed by atoms with van der Waals surface area (Å²) in [7, 11) is 0. The van der Waals surface area contributed by atoms with E-state index < -0.39 is 73.2 Å². The molecule has 15 heteroatoms. The van der Waals surface area contributed by atoms with Gasteiger partial charge in [-0.2, -0.15) is 0 Å². The van der Waals surface area contributed by atoms with Crippen molar-refractivity contribution in [3.8, 4) is 0 Å². The van der Waals surface area contributed by atoms with Crippen molar-refractivity contribution in [1.29, 1.82) is 0 Å². The van der Waals surface area contributed by atoms with E-state index in [0.29, 0.717) is 0 Å². The molecule has 0 saturated carbocycles. The summed E-state index contributed by atoms with van der Waals surface area (Å²) in [6.45, 7) is 6.51. The predicted molar refractivity (Wildman–Crippen MR) is 84.4 cm³/mol. The van der Waals surface area contributed by atoms with Crippen LogP contribution in [-0.2, 0) is 14.2 Å². The van der Waals surface area contributed by atoms with E-state index in [2.05, 4.69) is 0 Å². The van der Waals surface area contributed by atoms with Gasteiger partial charge in [-0.1, -0.05) is 20.8 Å². The molecule has 166 valence electrons. The number of aliphatic hydroxyl groups excluding tert-OH is 6. The fraction of sp³-hybridized carbons (Fsp3) is 1.00. The summed E-state index contributed by atoms with van der Waals surface area (Å²) in [5, 5.41) is 60.0. The maximum Gasteiger partial charge on any atom is 0.187 e.